The summed E-state index contributed by atoms with van der Waals surface area (Å²) in [5, 5.41) is 1.87. The van der Waals surface area contributed by atoms with Crippen LogP contribution in [0.3, 0.4) is 0 Å². The van der Waals surface area contributed by atoms with E-state index < -0.39 is 5.54 Å². The minimum absolute atomic E-state index is 0.0168. The Labute approximate surface area is 94.4 Å². The molecule has 1 fully saturated rings. The van der Waals surface area contributed by atoms with Crippen molar-refractivity contribution in [1.82, 2.24) is 0 Å². The lowest BCUT2D eigenvalue weighted by Gasteiger charge is -2.18. The molecule has 2 rings (SSSR count). The van der Waals surface area contributed by atoms with Crippen LogP contribution in [0.4, 0.5) is 0 Å². The summed E-state index contributed by atoms with van der Waals surface area (Å²) in [5.74, 6) is -0.0168. The molecule has 0 radical (unpaired) electrons. The zero-order chi connectivity index (χ0) is 10.2. The molecule has 0 spiro atoms. The largest absolute Gasteiger partial charge is 0.379 e. The molecule has 76 valence electrons. The minimum atomic E-state index is -0.812. The molecular weight excluding hydrogens is 266 g/mol. The number of ketones is 1. The van der Waals surface area contributed by atoms with Crippen LogP contribution in [0.5, 0.6) is 0 Å². The fraction of sp³-hybridized carbons (Fsp3) is 0.444. The van der Waals surface area contributed by atoms with Gasteiger partial charge in [-0.3, -0.25) is 4.79 Å². The molecule has 1 aliphatic rings. The van der Waals surface area contributed by atoms with E-state index in [9.17, 15) is 4.79 Å². The number of carbonyl (C=O) groups is 1. The summed E-state index contributed by atoms with van der Waals surface area (Å²) in [6.07, 6.45) is 0.607. The van der Waals surface area contributed by atoms with E-state index in [0.29, 0.717) is 24.5 Å². The number of Topliss-reactive ketones (excluding diaryl/α,β-unsaturated/α-hetero) is 1. The second kappa shape index (κ2) is 3.73. The van der Waals surface area contributed by atoms with E-state index in [-0.39, 0.29) is 5.78 Å². The van der Waals surface area contributed by atoms with Gasteiger partial charge in [-0.15, -0.1) is 11.3 Å². The van der Waals surface area contributed by atoms with Crippen LogP contribution in [-0.4, -0.2) is 24.5 Å². The van der Waals surface area contributed by atoms with Crippen LogP contribution in [0.25, 0.3) is 0 Å². The second-order valence-electron chi connectivity index (χ2n) is 3.39. The van der Waals surface area contributed by atoms with Crippen molar-refractivity contribution in [3.63, 3.8) is 0 Å². The Bertz CT molecular complexity index is 357. The zero-order valence-electron chi connectivity index (χ0n) is 7.46. The molecule has 1 atom stereocenters. The molecule has 1 aromatic rings. The Balaban J connectivity index is 2.28. The predicted molar refractivity (Wildman–Crippen MR) is 58.7 cm³/mol. The average molecular weight is 276 g/mol. The van der Waals surface area contributed by atoms with Gasteiger partial charge in [0.1, 0.15) is 5.54 Å². The van der Waals surface area contributed by atoms with Gasteiger partial charge in [-0.1, -0.05) is 0 Å². The first kappa shape index (κ1) is 10.3. The summed E-state index contributed by atoms with van der Waals surface area (Å²) in [5.41, 5.74) is 5.16. The smallest absolute Gasteiger partial charge is 0.196 e. The normalized spacial score (nSPS) is 26.7. The molecule has 14 heavy (non-hydrogen) atoms. The van der Waals surface area contributed by atoms with Crippen molar-refractivity contribution in [2.75, 3.05) is 13.2 Å². The van der Waals surface area contributed by atoms with Gasteiger partial charge in [0, 0.05) is 11.1 Å². The molecule has 0 aromatic carbocycles. The van der Waals surface area contributed by atoms with Gasteiger partial charge in [0.2, 0.25) is 0 Å². The lowest BCUT2D eigenvalue weighted by Crippen LogP contribution is -2.48. The monoisotopic (exact) mass is 275 g/mol. The van der Waals surface area contributed by atoms with Gasteiger partial charge < -0.3 is 10.5 Å². The summed E-state index contributed by atoms with van der Waals surface area (Å²) in [7, 11) is 0. The average Bonchev–Trinajstić information content (AvgIpc) is 2.74. The van der Waals surface area contributed by atoms with E-state index in [1.54, 1.807) is 0 Å². The maximum absolute atomic E-state index is 12.0. The number of carbonyl (C=O) groups excluding carboxylic acids is 1. The molecule has 1 aromatic heterocycles. The summed E-state index contributed by atoms with van der Waals surface area (Å²) in [6, 6.07) is 1.86. The Morgan fingerprint density at radius 3 is 3.00 bits per heavy atom. The van der Waals surface area contributed by atoms with Crippen molar-refractivity contribution < 1.29 is 9.53 Å². The topological polar surface area (TPSA) is 52.3 Å². The predicted octanol–water partition coefficient (Wildman–Crippen LogP) is 1.81. The van der Waals surface area contributed by atoms with E-state index in [0.717, 1.165) is 4.47 Å². The molecule has 0 amide bonds. The van der Waals surface area contributed by atoms with Crippen LogP contribution in [0.1, 0.15) is 16.1 Å². The van der Waals surface area contributed by atoms with Gasteiger partial charge in [0.05, 0.1) is 11.5 Å². The number of halogens is 1. The number of ether oxygens (including phenoxy) is 1. The lowest BCUT2D eigenvalue weighted by atomic mass is 9.93. The standard InChI is InChI=1S/C9H10BrNO2S/c10-6-1-4-14-7(6)8(12)9(11)2-3-13-5-9/h1,4H,2-3,5,11H2. The van der Waals surface area contributed by atoms with Crippen molar-refractivity contribution in [2.24, 2.45) is 5.73 Å². The highest BCUT2D eigenvalue weighted by molar-refractivity contribution is 9.10. The third-order valence-corrected chi connectivity index (χ3v) is 4.16. The van der Waals surface area contributed by atoms with Crippen molar-refractivity contribution in [1.29, 1.82) is 0 Å². The first-order valence-electron chi connectivity index (χ1n) is 4.28. The fourth-order valence-corrected chi connectivity index (χ4v) is 3.04. The summed E-state index contributed by atoms with van der Waals surface area (Å²) in [4.78, 5) is 12.7. The number of hydrogen-bond acceptors (Lipinski definition) is 4. The Morgan fingerprint density at radius 1 is 1.71 bits per heavy atom. The molecule has 1 unspecified atom stereocenters. The highest BCUT2D eigenvalue weighted by atomic mass is 79.9. The quantitative estimate of drug-likeness (QED) is 0.838. The highest BCUT2D eigenvalue weighted by Crippen LogP contribution is 2.29. The van der Waals surface area contributed by atoms with E-state index >= 15 is 0 Å². The molecule has 0 saturated carbocycles. The number of hydrogen-bond donors (Lipinski definition) is 1. The molecule has 1 aliphatic heterocycles. The van der Waals surface area contributed by atoms with E-state index in [1.165, 1.54) is 11.3 Å². The van der Waals surface area contributed by atoms with Crippen molar-refractivity contribution in [3.8, 4) is 0 Å². The Morgan fingerprint density at radius 2 is 2.50 bits per heavy atom. The van der Waals surface area contributed by atoms with E-state index in [1.807, 2.05) is 11.4 Å². The first-order valence-corrected chi connectivity index (χ1v) is 5.95. The van der Waals surface area contributed by atoms with Crippen LogP contribution < -0.4 is 5.73 Å². The molecule has 2 N–H and O–H groups in total. The fourth-order valence-electron chi connectivity index (χ4n) is 1.44. The maximum Gasteiger partial charge on any atom is 0.196 e. The molecule has 5 heteroatoms. The summed E-state index contributed by atoms with van der Waals surface area (Å²) < 4.78 is 5.99. The van der Waals surface area contributed by atoms with Crippen LogP contribution >= 0.6 is 27.3 Å². The van der Waals surface area contributed by atoms with E-state index in [4.69, 9.17) is 10.5 Å². The molecule has 2 heterocycles. The minimum Gasteiger partial charge on any atom is -0.379 e. The van der Waals surface area contributed by atoms with Gasteiger partial charge in [-0.05, 0) is 33.8 Å². The Kier molecular flexibility index (Phi) is 2.74. The lowest BCUT2D eigenvalue weighted by molar-refractivity contribution is 0.0866. The van der Waals surface area contributed by atoms with Gasteiger partial charge in [0.15, 0.2) is 5.78 Å². The van der Waals surface area contributed by atoms with Crippen LogP contribution in [0.2, 0.25) is 0 Å². The van der Waals surface area contributed by atoms with Gasteiger partial charge in [-0.25, -0.2) is 0 Å². The summed E-state index contributed by atoms with van der Waals surface area (Å²) >= 11 is 4.74. The van der Waals surface area contributed by atoms with Gasteiger partial charge >= 0.3 is 0 Å². The first-order chi connectivity index (χ1) is 6.63. The van der Waals surface area contributed by atoms with Crippen LogP contribution in [-0.2, 0) is 4.74 Å². The second-order valence-corrected chi connectivity index (χ2v) is 5.16. The van der Waals surface area contributed by atoms with Gasteiger partial charge in [-0.2, -0.15) is 0 Å². The molecular formula is C9H10BrNO2S. The highest BCUT2D eigenvalue weighted by Gasteiger charge is 2.39. The van der Waals surface area contributed by atoms with Crippen molar-refractivity contribution >= 4 is 33.0 Å². The van der Waals surface area contributed by atoms with Crippen molar-refractivity contribution in [3.05, 3.63) is 20.8 Å². The van der Waals surface area contributed by atoms with E-state index in [2.05, 4.69) is 15.9 Å². The third-order valence-electron chi connectivity index (χ3n) is 2.33. The number of nitrogens with two attached hydrogens (primary N) is 1. The molecule has 1 saturated heterocycles. The molecule has 0 aliphatic carbocycles. The molecule has 3 nitrogen and oxygen atoms in total. The SMILES string of the molecule is NC1(C(=O)c2sccc2Br)CCOC1. The number of thiophene rings is 1. The van der Waals surface area contributed by atoms with Gasteiger partial charge in [0.25, 0.3) is 0 Å². The Hall–Kier alpha value is -0.230. The zero-order valence-corrected chi connectivity index (χ0v) is 9.86. The van der Waals surface area contributed by atoms with Crippen LogP contribution in [0, 0.1) is 0 Å². The van der Waals surface area contributed by atoms with Crippen molar-refractivity contribution in [2.45, 2.75) is 12.0 Å². The maximum atomic E-state index is 12.0. The summed E-state index contributed by atoms with van der Waals surface area (Å²) in [6.45, 7) is 0.904. The number of rotatable bonds is 2. The molecule has 0 bridgehead atoms. The third kappa shape index (κ3) is 1.65. The van der Waals surface area contributed by atoms with Crippen LogP contribution in [0.15, 0.2) is 15.9 Å².